The maximum absolute atomic E-state index is 13.1. The number of ether oxygens (including phenoxy) is 2. The van der Waals surface area contributed by atoms with Crippen molar-refractivity contribution in [3.05, 3.63) is 59.9 Å². The quantitative estimate of drug-likeness (QED) is 0.781. The molecule has 1 N–H and O–H groups in total. The van der Waals surface area contributed by atoms with E-state index in [2.05, 4.69) is 5.32 Å². The van der Waals surface area contributed by atoms with Crippen LogP contribution in [0.4, 0.5) is 10.1 Å². The van der Waals surface area contributed by atoms with Gasteiger partial charge < -0.3 is 14.8 Å². The number of nitrogens with one attached hydrogen (secondary N) is 1. The molecule has 2 aromatic carbocycles. The van der Waals surface area contributed by atoms with E-state index in [-0.39, 0.29) is 13.0 Å². The minimum Gasteiger partial charge on any atom is -0.493 e. The molecule has 5 nitrogen and oxygen atoms in total. The summed E-state index contributed by atoms with van der Waals surface area (Å²) in [6, 6.07) is 12.9. The molecule has 25 heavy (non-hydrogen) atoms. The number of benzene rings is 2. The van der Waals surface area contributed by atoms with Gasteiger partial charge in [-0.25, -0.2) is 4.39 Å². The van der Waals surface area contributed by atoms with Crippen molar-refractivity contribution < 1.29 is 23.5 Å². The Morgan fingerprint density at radius 3 is 2.64 bits per heavy atom. The summed E-state index contributed by atoms with van der Waals surface area (Å²) in [4.78, 5) is 23.8. The van der Waals surface area contributed by atoms with Gasteiger partial charge in [0.1, 0.15) is 11.6 Å². The normalized spacial score (nSPS) is 11.5. The van der Waals surface area contributed by atoms with Crippen LogP contribution in [0.25, 0.3) is 0 Å². The zero-order chi connectivity index (χ0) is 18.2. The van der Waals surface area contributed by atoms with Crippen LogP contribution in [-0.4, -0.2) is 24.6 Å². The Morgan fingerprint density at radius 1 is 1.16 bits per heavy atom. The molecule has 0 aromatic heterocycles. The van der Waals surface area contributed by atoms with Crippen LogP contribution in [0.15, 0.2) is 48.5 Å². The molecule has 0 bridgehead atoms. The van der Waals surface area contributed by atoms with Gasteiger partial charge in [0.15, 0.2) is 6.10 Å². The third-order valence-corrected chi connectivity index (χ3v) is 3.43. The van der Waals surface area contributed by atoms with Crippen molar-refractivity contribution >= 4 is 17.6 Å². The van der Waals surface area contributed by atoms with E-state index >= 15 is 0 Å². The average molecular weight is 345 g/mol. The van der Waals surface area contributed by atoms with Gasteiger partial charge in [-0.1, -0.05) is 24.3 Å². The zero-order valence-corrected chi connectivity index (χ0v) is 14.1. The van der Waals surface area contributed by atoms with Crippen LogP contribution in [-0.2, 0) is 14.3 Å². The van der Waals surface area contributed by atoms with E-state index in [1.807, 2.05) is 31.2 Å². The molecule has 0 saturated heterocycles. The number of para-hydroxylation sites is 1. The van der Waals surface area contributed by atoms with Gasteiger partial charge in [-0.2, -0.15) is 0 Å². The number of anilines is 1. The largest absolute Gasteiger partial charge is 0.493 e. The average Bonchev–Trinajstić information content (AvgIpc) is 2.56. The van der Waals surface area contributed by atoms with Gasteiger partial charge in [0.25, 0.3) is 5.91 Å². The van der Waals surface area contributed by atoms with Crippen LogP contribution in [0.3, 0.4) is 0 Å². The van der Waals surface area contributed by atoms with E-state index in [9.17, 15) is 14.0 Å². The van der Waals surface area contributed by atoms with Crippen LogP contribution in [0.1, 0.15) is 18.9 Å². The number of rotatable bonds is 7. The molecule has 1 atom stereocenters. The summed E-state index contributed by atoms with van der Waals surface area (Å²) in [6.07, 6.45) is -0.972. The third-order valence-electron chi connectivity index (χ3n) is 3.43. The van der Waals surface area contributed by atoms with Crippen LogP contribution >= 0.6 is 0 Å². The van der Waals surface area contributed by atoms with Crippen LogP contribution in [0, 0.1) is 12.7 Å². The summed E-state index contributed by atoms with van der Waals surface area (Å²) in [5, 5.41) is 2.49. The fourth-order valence-electron chi connectivity index (χ4n) is 2.08. The molecule has 2 aromatic rings. The number of aryl methyl sites for hydroxylation is 1. The lowest BCUT2D eigenvalue weighted by atomic mass is 10.2. The van der Waals surface area contributed by atoms with Crippen molar-refractivity contribution in [2.75, 3.05) is 11.9 Å². The molecule has 1 unspecified atom stereocenters. The standard InChI is InChI=1S/C19H20FNO4/c1-13-6-3-4-9-17(13)24-11-10-18(22)25-14(2)19(23)21-16-8-5-7-15(20)12-16/h3-9,12,14H,10-11H2,1-2H3,(H,21,23). The van der Waals surface area contributed by atoms with Gasteiger partial charge in [0.2, 0.25) is 0 Å². The first-order valence-electron chi connectivity index (χ1n) is 7.90. The van der Waals surface area contributed by atoms with E-state index in [1.165, 1.54) is 25.1 Å². The SMILES string of the molecule is Cc1ccccc1OCCC(=O)OC(C)C(=O)Nc1cccc(F)c1. The molecule has 6 heteroatoms. The fraction of sp³-hybridized carbons (Fsp3) is 0.263. The number of hydrogen-bond acceptors (Lipinski definition) is 4. The molecule has 0 aliphatic carbocycles. The monoisotopic (exact) mass is 345 g/mol. The highest BCUT2D eigenvalue weighted by atomic mass is 19.1. The second-order valence-corrected chi connectivity index (χ2v) is 5.50. The second kappa shape index (κ2) is 8.82. The topological polar surface area (TPSA) is 64.6 Å². The van der Waals surface area contributed by atoms with Gasteiger partial charge in [-0.3, -0.25) is 9.59 Å². The molecule has 2 rings (SSSR count). The number of amides is 1. The van der Waals surface area contributed by atoms with Gasteiger partial charge in [0, 0.05) is 5.69 Å². The number of carbonyl (C=O) groups excluding carboxylic acids is 2. The van der Waals surface area contributed by atoms with Gasteiger partial charge in [-0.05, 0) is 43.7 Å². The van der Waals surface area contributed by atoms with Crippen LogP contribution in [0.5, 0.6) is 5.75 Å². The molecule has 0 spiro atoms. The van der Waals surface area contributed by atoms with E-state index in [0.717, 1.165) is 5.56 Å². The Kier molecular flexibility index (Phi) is 6.51. The summed E-state index contributed by atoms with van der Waals surface area (Å²) >= 11 is 0. The number of esters is 1. The molecule has 0 aliphatic rings. The first-order valence-corrected chi connectivity index (χ1v) is 7.90. The highest BCUT2D eigenvalue weighted by molar-refractivity contribution is 5.95. The van der Waals surface area contributed by atoms with Crippen molar-refractivity contribution in [1.82, 2.24) is 0 Å². The Labute approximate surface area is 145 Å². The molecule has 0 saturated carbocycles. The van der Waals surface area contributed by atoms with Crippen molar-refractivity contribution in [3.8, 4) is 5.75 Å². The lowest BCUT2D eigenvalue weighted by Crippen LogP contribution is -2.30. The minimum absolute atomic E-state index is 0.0198. The second-order valence-electron chi connectivity index (χ2n) is 5.50. The Balaban J connectivity index is 1.75. The summed E-state index contributed by atoms with van der Waals surface area (Å²) in [7, 11) is 0. The molecular formula is C19H20FNO4. The summed E-state index contributed by atoms with van der Waals surface area (Å²) in [6.45, 7) is 3.52. The fourth-order valence-corrected chi connectivity index (χ4v) is 2.08. The summed E-state index contributed by atoms with van der Waals surface area (Å²) in [5.41, 5.74) is 1.27. The van der Waals surface area contributed by atoms with Crippen LogP contribution < -0.4 is 10.1 Å². The molecule has 0 radical (unpaired) electrons. The highest BCUT2D eigenvalue weighted by Crippen LogP contribution is 2.16. The maximum atomic E-state index is 13.1. The minimum atomic E-state index is -0.991. The Bertz CT molecular complexity index is 748. The van der Waals surface area contributed by atoms with Gasteiger partial charge in [0.05, 0.1) is 13.0 Å². The molecule has 0 heterocycles. The summed E-state index contributed by atoms with van der Waals surface area (Å²) in [5.74, 6) is -0.836. The third kappa shape index (κ3) is 5.91. The first kappa shape index (κ1) is 18.4. The first-order chi connectivity index (χ1) is 12.0. The zero-order valence-electron chi connectivity index (χ0n) is 14.1. The van der Waals surface area contributed by atoms with Crippen molar-refractivity contribution in [2.24, 2.45) is 0 Å². The van der Waals surface area contributed by atoms with Crippen molar-refractivity contribution in [1.29, 1.82) is 0 Å². The van der Waals surface area contributed by atoms with Crippen LogP contribution in [0.2, 0.25) is 0 Å². The predicted octanol–water partition coefficient (Wildman–Crippen LogP) is 3.47. The molecule has 1 amide bonds. The van der Waals surface area contributed by atoms with Crippen molar-refractivity contribution in [2.45, 2.75) is 26.4 Å². The Morgan fingerprint density at radius 2 is 1.92 bits per heavy atom. The molecule has 132 valence electrons. The highest BCUT2D eigenvalue weighted by Gasteiger charge is 2.18. The summed E-state index contributed by atoms with van der Waals surface area (Å²) < 4.78 is 23.7. The molecule has 0 fully saturated rings. The molecular weight excluding hydrogens is 325 g/mol. The van der Waals surface area contributed by atoms with Crippen molar-refractivity contribution in [3.63, 3.8) is 0 Å². The van der Waals surface area contributed by atoms with E-state index in [1.54, 1.807) is 6.07 Å². The lowest BCUT2D eigenvalue weighted by Gasteiger charge is -2.14. The number of halogens is 1. The number of hydrogen-bond donors (Lipinski definition) is 1. The molecule has 0 aliphatic heterocycles. The predicted molar refractivity (Wildman–Crippen MR) is 91.9 cm³/mol. The van der Waals surface area contributed by atoms with E-state index in [0.29, 0.717) is 11.4 Å². The Hall–Kier alpha value is -2.89. The van der Waals surface area contributed by atoms with Gasteiger partial charge >= 0.3 is 5.97 Å². The number of carbonyl (C=O) groups is 2. The van der Waals surface area contributed by atoms with E-state index in [4.69, 9.17) is 9.47 Å². The van der Waals surface area contributed by atoms with Gasteiger partial charge in [-0.15, -0.1) is 0 Å². The smallest absolute Gasteiger partial charge is 0.310 e. The lowest BCUT2D eigenvalue weighted by molar-refractivity contribution is -0.153. The maximum Gasteiger partial charge on any atom is 0.310 e. The van der Waals surface area contributed by atoms with E-state index < -0.39 is 23.8 Å².